The lowest BCUT2D eigenvalue weighted by Crippen LogP contribution is -2.12. The van der Waals surface area contributed by atoms with Crippen molar-refractivity contribution in [3.8, 4) is 0 Å². The molecule has 0 rings (SSSR count). The van der Waals surface area contributed by atoms with E-state index < -0.39 is 17.6 Å². The lowest BCUT2D eigenvalue weighted by molar-refractivity contribution is -0.140. The normalized spacial score (nSPS) is 13.4. The Morgan fingerprint density at radius 2 is 1.74 bits per heavy atom. The maximum atomic E-state index is 10.8. The van der Waals surface area contributed by atoms with E-state index in [0.717, 1.165) is 25.7 Å². The Bertz CT molecular complexity index is 285. The Morgan fingerprint density at radius 3 is 2.11 bits per heavy atom. The van der Waals surface area contributed by atoms with Crippen molar-refractivity contribution in [3.05, 3.63) is 0 Å². The molecule has 0 saturated carbocycles. The van der Waals surface area contributed by atoms with Crippen LogP contribution in [0.1, 0.15) is 46.5 Å². The quantitative estimate of drug-likeness (QED) is 0.426. The maximum Gasteiger partial charge on any atom is 0.307 e. The largest absolute Gasteiger partial charge is 0.481 e. The highest BCUT2D eigenvalue weighted by atomic mass is 32.9. The van der Waals surface area contributed by atoms with E-state index in [1.165, 1.54) is 11.4 Å². The van der Waals surface area contributed by atoms with Gasteiger partial charge in [-0.05, 0) is 24.6 Å². The third-order valence-electron chi connectivity index (χ3n) is 2.40. The highest BCUT2D eigenvalue weighted by Gasteiger charge is 2.23. The molecule has 1 atom stereocenters. The lowest BCUT2D eigenvalue weighted by Gasteiger charge is -2.22. The Morgan fingerprint density at radius 1 is 1.26 bits per heavy atom. The van der Waals surface area contributed by atoms with Crippen LogP contribution in [0, 0.1) is 5.92 Å². The molecule has 0 amide bonds. The van der Waals surface area contributed by atoms with E-state index in [1.807, 2.05) is 0 Å². The number of carbonyl (C=O) groups is 1. The highest BCUT2D eigenvalue weighted by Crippen LogP contribution is 2.61. The minimum absolute atomic E-state index is 0.433. The summed E-state index contributed by atoms with van der Waals surface area (Å²) < 4.78 is 11.4. The molecule has 0 spiro atoms. The summed E-state index contributed by atoms with van der Waals surface area (Å²) in [5, 5.41) is 8.89. The first-order chi connectivity index (χ1) is 8.95. The maximum absolute atomic E-state index is 10.8. The van der Waals surface area contributed by atoms with Gasteiger partial charge in [-0.15, -0.1) is 0 Å². The molecule has 0 aliphatic carbocycles. The van der Waals surface area contributed by atoms with Gasteiger partial charge >= 0.3 is 5.97 Å². The first-order valence-corrected chi connectivity index (χ1v) is 10.9. The van der Waals surface area contributed by atoms with Gasteiger partial charge in [0.25, 0.3) is 0 Å². The van der Waals surface area contributed by atoms with E-state index in [0.29, 0.717) is 19.0 Å². The molecule has 19 heavy (non-hydrogen) atoms. The summed E-state index contributed by atoms with van der Waals surface area (Å²) in [4.78, 5) is 10.8. The van der Waals surface area contributed by atoms with Crippen molar-refractivity contribution in [1.29, 1.82) is 0 Å². The van der Waals surface area contributed by atoms with Gasteiger partial charge in [0, 0.05) is 5.75 Å². The minimum Gasteiger partial charge on any atom is -0.481 e. The monoisotopic (exact) mass is 328 g/mol. The van der Waals surface area contributed by atoms with Gasteiger partial charge in [-0.25, -0.2) is 0 Å². The molecule has 1 N–H and O–H groups in total. The molecule has 0 aromatic rings. The van der Waals surface area contributed by atoms with Crippen LogP contribution in [0.5, 0.6) is 0 Å². The van der Waals surface area contributed by atoms with Crippen LogP contribution in [0.15, 0.2) is 0 Å². The summed E-state index contributed by atoms with van der Waals surface area (Å²) >= 11 is 6.83. The highest BCUT2D eigenvalue weighted by molar-refractivity contribution is 8.67. The zero-order valence-electron chi connectivity index (χ0n) is 12.0. The molecule has 7 heteroatoms. The topological polar surface area (TPSA) is 55.8 Å². The van der Waals surface area contributed by atoms with Crippen molar-refractivity contribution in [2.45, 2.75) is 46.5 Å². The standard InChI is InChI=1S/C12H25O4PS2/c1-4-6-8-15-17(18,16-9-7-5-2)19-10-11(3)12(13)14/h11H,4-10H2,1-3H3,(H,13,14). The molecule has 0 radical (unpaired) electrons. The fourth-order valence-electron chi connectivity index (χ4n) is 1.03. The number of hydrogen-bond acceptors (Lipinski definition) is 5. The molecule has 0 fully saturated rings. The molecule has 0 aromatic carbocycles. The van der Waals surface area contributed by atoms with Crippen molar-refractivity contribution in [3.63, 3.8) is 0 Å². The molecular weight excluding hydrogens is 303 g/mol. The molecule has 0 aliphatic heterocycles. The van der Waals surface area contributed by atoms with Crippen molar-refractivity contribution in [2.75, 3.05) is 19.0 Å². The van der Waals surface area contributed by atoms with E-state index >= 15 is 0 Å². The molecule has 114 valence electrons. The second-order valence-corrected chi connectivity index (χ2v) is 10.7. The number of aliphatic carboxylic acids is 1. The van der Waals surface area contributed by atoms with Crippen molar-refractivity contribution < 1.29 is 18.9 Å². The fraction of sp³-hybridized carbons (Fsp3) is 0.917. The third-order valence-corrected chi connectivity index (χ3v) is 7.97. The molecule has 1 unspecified atom stereocenters. The van der Waals surface area contributed by atoms with E-state index in [9.17, 15) is 4.79 Å². The first kappa shape index (κ1) is 19.4. The number of carboxylic acids is 1. The minimum atomic E-state index is -2.39. The Kier molecular flexibility index (Phi) is 11.3. The van der Waals surface area contributed by atoms with Gasteiger partial charge in [0.05, 0.1) is 19.1 Å². The van der Waals surface area contributed by atoms with Gasteiger partial charge in [-0.3, -0.25) is 4.79 Å². The SMILES string of the molecule is CCCCOP(=S)(OCCCC)SCC(C)C(=O)O. The number of hydrogen-bond donors (Lipinski definition) is 1. The summed E-state index contributed by atoms with van der Waals surface area (Å²) in [7, 11) is 0. The molecule has 0 bridgehead atoms. The van der Waals surface area contributed by atoms with Crippen LogP contribution in [0.3, 0.4) is 0 Å². The second-order valence-electron chi connectivity index (χ2n) is 4.36. The fourth-order valence-corrected chi connectivity index (χ4v) is 5.61. The molecular formula is C12H25O4PS2. The summed E-state index contributed by atoms with van der Waals surface area (Å²) in [5.74, 6) is -0.807. The van der Waals surface area contributed by atoms with Crippen LogP contribution in [0.2, 0.25) is 0 Å². The van der Waals surface area contributed by atoms with Crippen molar-refractivity contribution in [1.82, 2.24) is 0 Å². The van der Waals surface area contributed by atoms with Crippen molar-refractivity contribution in [2.24, 2.45) is 5.92 Å². The molecule has 0 aliphatic rings. The Labute approximate surface area is 125 Å². The van der Waals surface area contributed by atoms with Gasteiger partial charge in [-0.1, -0.05) is 45.0 Å². The van der Waals surface area contributed by atoms with Crippen LogP contribution in [-0.2, 0) is 25.6 Å². The number of unbranched alkanes of at least 4 members (excludes halogenated alkanes) is 2. The summed E-state index contributed by atoms with van der Waals surface area (Å²) in [5.41, 5.74) is -2.39. The van der Waals surface area contributed by atoms with Crippen molar-refractivity contribution >= 4 is 34.9 Å². The average Bonchev–Trinajstić information content (AvgIpc) is 2.36. The van der Waals surface area contributed by atoms with Gasteiger partial charge in [-0.2, -0.15) is 0 Å². The third kappa shape index (κ3) is 9.85. The predicted molar refractivity (Wildman–Crippen MR) is 85.3 cm³/mol. The van der Waals surface area contributed by atoms with Crippen LogP contribution in [0.25, 0.3) is 0 Å². The molecule has 0 saturated heterocycles. The number of carboxylic acid groups (broad SMARTS) is 1. The summed E-state index contributed by atoms with van der Waals surface area (Å²) in [6, 6.07) is 0. The first-order valence-electron chi connectivity index (χ1n) is 6.71. The molecule has 0 aromatic heterocycles. The zero-order chi connectivity index (χ0) is 14.7. The molecule has 4 nitrogen and oxygen atoms in total. The average molecular weight is 328 g/mol. The van der Waals surface area contributed by atoms with Gasteiger partial charge < -0.3 is 14.2 Å². The van der Waals surface area contributed by atoms with E-state index in [1.54, 1.807) is 6.92 Å². The summed E-state index contributed by atoms with van der Waals surface area (Å²) in [6.45, 7) is 7.03. The second kappa shape index (κ2) is 11.1. The van der Waals surface area contributed by atoms with Crippen LogP contribution in [-0.4, -0.2) is 30.0 Å². The number of rotatable bonds is 12. The Balaban J connectivity index is 4.30. The Hall–Kier alpha value is 0.390. The van der Waals surface area contributed by atoms with Gasteiger partial charge in [0.15, 0.2) is 0 Å². The van der Waals surface area contributed by atoms with E-state index in [2.05, 4.69) is 13.8 Å². The van der Waals surface area contributed by atoms with Crippen LogP contribution >= 0.6 is 17.1 Å². The van der Waals surface area contributed by atoms with Gasteiger partial charge in [0.2, 0.25) is 5.69 Å². The molecule has 0 heterocycles. The lowest BCUT2D eigenvalue weighted by atomic mass is 10.2. The van der Waals surface area contributed by atoms with Crippen LogP contribution in [0.4, 0.5) is 0 Å². The smallest absolute Gasteiger partial charge is 0.307 e. The van der Waals surface area contributed by atoms with Gasteiger partial charge in [0.1, 0.15) is 0 Å². The van der Waals surface area contributed by atoms with E-state index in [-0.39, 0.29) is 0 Å². The summed E-state index contributed by atoms with van der Waals surface area (Å²) in [6.07, 6.45) is 3.98. The predicted octanol–water partition coefficient (Wildman–Crippen LogP) is 4.30. The van der Waals surface area contributed by atoms with Crippen LogP contribution < -0.4 is 0 Å². The van der Waals surface area contributed by atoms with E-state index in [4.69, 9.17) is 26.0 Å². The zero-order valence-corrected chi connectivity index (χ0v) is 14.5.